The number of rotatable bonds is 6. The number of benzene rings is 1. The van der Waals surface area contributed by atoms with Gasteiger partial charge in [0.1, 0.15) is 5.75 Å². The molecule has 0 heterocycles. The van der Waals surface area contributed by atoms with E-state index >= 15 is 0 Å². The Hall–Kier alpha value is -1.77. The van der Waals surface area contributed by atoms with E-state index in [9.17, 15) is 4.79 Å². The number of aliphatic carboxylic acids is 1. The van der Waals surface area contributed by atoms with Crippen LogP contribution in [0.3, 0.4) is 0 Å². The van der Waals surface area contributed by atoms with Crippen LogP contribution >= 0.6 is 0 Å². The average Bonchev–Trinajstić information content (AvgIpc) is 2.27. The molecule has 0 spiro atoms. The van der Waals surface area contributed by atoms with Crippen molar-refractivity contribution in [2.75, 3.05) is 6.61 Å². The normalized spacial score (nSPS) is 11.0. The molecule has 0 aliphatic rings. The van der Waals surface area contributed by atoms with E-state index in [0.717, 1.165) is 23.8 Å². The maximum absolute atomic E-state index is 10.3. The molecule has 0 unspecified atom stereocenters. The lowest BCUT2D eigenvalue weighted by Crippen LogP contribution is -2.01. The molecule has 0 aromatic heterocycles. The Labute approximate surface area is 102 Å². The van der Waals surface area contributed by atoms with Gasteiger partial charge in [-0.2, -0.15) is 0 Å². The van der Waals surface area contributed by atoms with Crippen molar-refractivity contribution >= 4 is 12.0 Å². The van der Waals surface area contributed by atoms with Gasteiger partial charge in [0.25, 0.3) is 0 Å². The molecule has 0 amide bonds. The van der Waals surface area contributed by atoms with E-state index in [0.29, 0.717) is 12.5 Å². The van der Waals surface area contributed by atoms with E-state index in [1.165, 1.54) is 0 Å². The van der Waals surface area contributed by atoms with Gasteiger partial charge >= 0.3 is 5.97 Å². The molecule has 1 rings (SSSR count). The molecule has 0 radical (unpaired) electrons. The smallest absolute Gasteiger partial charge is 0.328 e. The van der Waals surface area contributed by atoms with Gasteiger partial charge in [0.15, 0.2) is 0 Å². The summed E-state index contributed by atoms with van der Waals surface area (Å²) in [6.45, 7) is 5.02. The fourth-order valence-corrected chi connectivity index (χ4v) is 1.26. The third-order valence-corrected chi connectivity index (χ3v) is 2.26. The average molecular weight is 234 g/mol. The molecule has 0 fully saturated rings. The van der Waals surface area contributed by atoms with E-state index in [1.54, 1.807) is 6.08 Å². The van der Waals surface area contributed by atoms with E-state index in [-0.39, 0.29) is 0 Å². The quantitative estimate of drug-likeness (QED) is 0.769. The van der Waals surface area contributed by atoms with Crippen LogP contribution in [-0.4, -0.2) is 17.7 Å². The number of hydrogen-bond acceptors (Lipinski definition) is 2. The van der Waals surface area contributed by atoms with Crippen LogP contribution < -0.4 is 4.74 Å². The highest BCUT2D eigenvalue weighted by Crippen LogP contribution is 2.14. The minimum atomic E-state index is -0.942. The maximum atomic E-state index is 10.3. The second kappa shape index (κ2) is 6.74. The van der Waals surface area contributed by atoms with Gasteiger partial charge in [-0.1, -0.05) is 26.0 Å². The summed E-state index contributed by atoms with van der Waals surface area (Å²) in [4.78, 5) is 10.3. The van der Waals surface area contributed by atoms with E-state index in [1.807, 2.05) is 24.3 Å². The van der Waals surface area contributed by atoms with Crippen molar-refractivity contribution in [1.29, 1.82) is 0 Å². The number of hydrogen-bond donors (Lipinski definition) is 1. The summed E-state index contributed by atoms with van der Waals surface area (Å²) in [5, 5.41) is 8.49. The molecular formula is C14H18O3. The van der Waals surface area contributed by atoms with Crippen molar-refractivity contribution in [3.05, 3.63) is 35.9 Å². The molecule has 92 valence electrons. The molecule has 1 N–H and O–H groups in total. The van der Waals surface area contributed by atoms with Crippen molar-refractivity contribution in [1.82, 2.24) is 0 Å². The zero-order chi connectivity index (χ0) is 12.7. The fourth-order valence-electron chi connectivity index (χ4n) is 1.26. The predicted octanol–water partition coefficient (Wildman–Crippen LogP) is 3.21. The minimum Gasteiger partial charge on any atom is -0.494 e. The van der Waals surface area contributed by atoms with Crippen LogP contribution in [0.5, 0.6) is 5.75 Å². The van der Waals surface area contributed by atoms with Crippen molar-refractivity contribution in [3.63, 3.8) is 0 Å². The molecule has 0 bridgehead atoms. The number of ether oxygens (including phenoxy) is 1. The van der Waals surface area contributed by atoms with Gasteiger partial charge in [-0.15, -0.1) is 0 Å². The molecular weight excluding hydrogens is 216 g/mol. The Morgan fingerprint density at radius 1 is 1.35 bits per heavy atom. The van der Waals surface area contributed by atoms with Crippen molar-refractivity contribution < 1.29 is 14.6 Å². The molecule has 0 atom stereocenters. The Balaban J connectivity index is 2.47. The summed E-state index contributed by atoms with van der Waals surface area (Å²) in [6, 6.07) is 7.37. The molecule has 17 heavy (non-hydrogen) atoms. The van der Waals surface area contributed by atoms with Crippen LogP contribution in [0.4, 0.5) is 0 Å². The van der Waals surface area contributed by atoms with Gasteiger partial charge in [0, 0.05) is 6.08 Å². The summed E-state index contributed by atoms with van der Waals surface area (Å²) in [5.41, 5.74) is 0.851. The number of carboxylic acids is 1. The Morgan fingerprint density at radius 2 is 2.00 bits per heavy atom. The van der Waals surface area contributed by atoms with Gasteiger partial charge in [-0.05, 0) is 36.1 Å². The predicted molar refractivity (Wildman–Crippen MR) is 68.1 cm³/mol. The van der Waals surface area contributed by atoms with Crippen molar-refractivity contribution in [2.45, 2.75) is 20.3 Å². The molecule has 1 aromatic carbocycles. The maximum Gasteiger partial charge on any atom is 0.328 e. The van der Waals surface area contributed by atoms with E-state index in [2.05, 4.69) is 13.8 Å². The summed E-state index contributed by atoms with van der Waals surface area (Å²) < 4.78 is 5.56. The monoisotopic (exact) mass is 234 g/mol. The summed E-state index contributed by atoms with van der Waals surface area (Å²) >= 11 is 0. The topological polar surface area (TPSA) is 46.5 Å². The molecule has 1 aromatic rings. The van der Waals surface area contributed by atoms with Crippen LogP contribution in [0.25, 0.3) is 6.08 Å². The lowest BCUT2D eigenvalue weighted by Gasteiger charge is -2.07. The second-order valence-electron chi connectivity index (χ2n) is 4.27. The SMILES string of the molecule is CC(C)CCOc1ccc(/C=C\C(=O)O)cc1. The summed E-state index contributed by atoms with van der Waals surface area (Å²) in [6.07, 6.45) is 3.70. The minimum absolute atomic E-state index is 0.632. The van der Waals surface area contributed by atoms with E-state index < -0.39 is 5.97 Å². The van der Waals surface area contributed by atoms with Gasteiger partial charge < -0.3 is 9.84 Å². The largest absolute Gasteiger partial charge is 0.494 e. The lowest BCUT2D eigenvalue weighted by molar-refractivity contribution is -0.131. The molecule has 0 aliphatic heterocycles. The van der Waals surface area contributed by atoms with Gasteiger partial charge in [-0.25, -0.2) is 4.79 Å². The standard InChI is InChI=1S/C14H18O3/c1-11(2)9-10-17-13-6-3-12(4-7-13)5-8-14(15)16/h3-8,11H,9-10H2,1-2H3,(H,15,16)/b8-5-. The van der Waals surface area contributed by atoms with E-state index in [4.69, 9.17) is 9.84 Å². The Kier molecular flexibility index (Phi) is 5.27. The Morgan fingerprint density at radius 3 is 2.53 bits per heavy atom. The first-order valence-corrected chi connectivity index (χ1v) is 5.72. The Bertz CT molecular complexity index is 377. The first kappa shape index (κ1) is 13.3. The zero-order valence-corrected chi connectivity index (χ0v) is 10.2. The second-order valence-corrected chi connectivity index (χ2v) is 4.27. The molecule has 3 nitrogen and oxygen atoms in total. The van der Waals surface area contributed by atoms with Crippen LogP contribution in [0.1, 0.15) is 25.8 Å². The molecule has 0 saturated carbocycles. The van der Waals surface area contributed by atoms with Crippen LogP contribution in [0.15, 0.2) is 30.3 Å². The highest BCUT2D eigenvalue weighted by atomic mass is 16.5. The summed E-state index contributed by atoms with van der Waals surface area (Å²) in [7, 11) is 0. The highest BCUT2D eigenvalue weighted by molar-refractivity contribution is 5.85. The fraction of sp³-hybridized carbons (Fsp3) is 0.357. The highest BCUT2D eigenvalue weighted by Gasteiger charge is 1.96. The van der Waals surface area contributed by atoms with Gasteiger partial charge in [0.05, 0.1) is 6.61 Å². The van der Waals surface area contributed by atoms with Crippen LogP contribution in [0, 0.1) is 5.92 Å². The lowest BCUT2D eigenvalue weighted by atomic mass is 10.1. The first-order chi connectivity index (χ1) is 8.08. The first-order valence-electron chi connectivity index (χ1n) is 5.72. The zero-order valence-electron chi connectivity index (χ0n) is 10.2. The molecule has 0 saturated heterocycles. The van der Waals surface area contributed by atoms with Crippen LogP contribution in [0.2, 0.25) is 0 Å². The van der Waals surface area contributed by atoms with Gasteiger partial charge in [0.2, 0.25) is 0 Å². The summed E-state index contributed by atoms with van der Waals surface area (Å²) in [5.74, 6) is 0.508. The van der Waals surface area contributed by atoms with Crippen molar-refractivity contribution in [3.8, 4) is 5.75 Å². The van der Waals surface area contributed by atoms with Crippen LogP contribution in [-0.2, 0) is 4.79 Å². The number of carboxylic acid groups (broad SMARTS) is 1. The third-order valence-electron chi connectivity index (χ3n) is 2.26. The molecule has 3 heteroatoms. The third kappa shape index (κ3) is 5.76. The van der Waals surface area contributed by atoms with Gasteiger partial charge in [-0.3, -0.25) is 0 Å². The number of carbonyl (C=O) groups is 1. The molecule has 0 aliphatic carbocycles. The van der Waals surface area contributed by atoms with Crippen molar-refractivity contribution in [2.24, 2.45) is 5.92 Å².